The normalized spacial score (nSPS) is 21.6. The van der Waals surface area contributed by atoms with E-state index in [0.29, 0.717) is 12.5 Å². The molecule has 0 bridgehead atoms. The number of hydrogen-bond donors (Lipinski definition) is 1. The van der Waals surface area contributed by atoms with Crippen molar-refractivity contribution in [2.75, 3.05) is 6.54 Å². The lowest BCUT2D eigenvalue weighted by Gasteiger charge is -2.38. The Kier molecular flexibility index (Phi) is 6.45. The van der Waals surface area contributed by atoms with Crippen LogP contribution >= 0.6 is 0 Å². The van der Waals surface area contributed by atoms with Gasteiger partial charge < -0.3 is 5.32 Å². The van der Waals surface area contributed by atoms with Crippen molar-refractivity contribution in [3.05, 3.63) is 24.3 Å². The predicted molar refractivity (Wildman–Crippen MR) is 71.2 cm³/mol. The average Bonchev–Trinajstić information content (AvgIpc) is 2.41. The molecule has 4 nitrogen and oxygen atoms in total. The quantitative estimate of drug-likeness (QED) is 0.580. The Bertz CT molecular complexity index is 482. The molecule has 2 unspecified atom stereocenters. The first-order valence-corrected chi connectivity index (χ1v) is 7.06. The molecule has 138 valence electrons. The van der Waals surface area contributed by atoms with E-state index in [9.17, 15) is 31.1 Å². The molecule has 1 aliphatic carbocycles. The number of ether oxygens (including phenoxy) is 2. The maximum atomic E-state index is 12.6. The zero-order chi connectivity index (χ0) is 18.6. The van der Waals surface area contributed by atoms with Gasteiger partial charge in [-0.3, -0.25) is 14.3 Å². The van der Waals surface area contributed by atoms with Gasteiger partial charge in [0.15, 0.2) is 0 Å². The summed E-state index contributed by atoms with van der Waals surface area (Å²) >= 11 is 0. The number of rotatable bonds is 6. The van der Waals surface area contributed by atoms with Crippen LogP contribution in [0.1, 0.15) is 20.3 Å². The van der Waals surface area contributed by atoms with Gasteiger partial charge in [0.1, 0.15) is 0 Å². The van der Waals surface area contributed by atoms with Crippen molar-refractivity contribution in [2.24, 2.45) is 11.8 Å². The van der Waals surface area contributed by atoms with Gasteiger partial charge in [-0.25, -0.2) is 0 Å². The van der Waals surface area contributed by atoms with Crippen LogP contribution in [0.2, 0.25) is 0 Å². The summed E-state index contributed by atoms with van der Waals surface area (Å²) in [5.41, 5.74) is 0. The number of allylic oxidation sites excluding steroid dienone is 2. The van der Waals surface area contributed by atoms with Gasteiger partial charge in [0, 0.05) is 12.5 Å². The Hall–Kier alpha value is -1.55. The Balaban J connectivity index is 3.01. The third kappa shape index (κ3) is 6.16. The second-order valence-electron chi connectivity index (χ2n) is 5.22. The van der Waals surface area contributed by atoms with Crippen molar-refractivity contribution in [3.63, 3.8) is 0 Å². The summed E-state index contributed by atoms with van der Waals surface area (Å²) in [6.45, 7) is 2.78. The fourth-order valence-electron chi connectivity index (χ4n) is 2.03. The van der Waals surface area contributed by atoms with Crippen molar-refractivity contribution < 1.29 is 40.6 Å². The summed E-state index contributed by atoms with van der Waals surface area (Å²) in [7, 11) is 0. The number of alkyl halides is 6. The van der Waals surface area contributed by atoms with Crippen molar-refractivity contribution >= 4 is 5.91 Å². The minimum atomic E-state index is -5.38. The molecular weight excluding hydrogens is 344 g/mol. The van der Waals surface area contributed by atoms with Gasteiger partial charge in [0.2, 0.25) is 11.7 Å². The van der Waals surface area contributed by atoms with Gasteiger partial charge >= 0.3 is 12.7 Å². The molecule has 0 aromatic rings. The topological polar surface area (TPSA) is 47.6 Å². The highest BCUT2D eigenvalue weighted by molar-refractivity contribution is 5.78. The first kappa shape index (κ1) is 20.5. The van der Waals surface area contributed by atoms with Gasteiger partial charge in [-0.2, -0.15) is 0 Å². The highest BCUT2D eigenvalue weighted by atomic mass is 19.4. The Morgan fingerprint density at radius 1 is 1.17 bits per heavy atom. The number of halogens is 6. The lowest BCUT2D eigenvalue weighted by molar-refractivity contribution is -0.472. The van der Waals surface area contributed by atoms with Crippen molar-refractivity contribution in [1.82, 2.24) is 5.32 Å². The zero-order valence-electron chi connectivity index (χ0n) is 12.9. The van der Waals surface area contributed by atoms with E-state index in [-0.39, 0.29) is 0 Å². The second-order valence-corrected chi connectivity index (χ2v) is 5.22. The monoisotopic (exact) mass is 361 g/mol. The summed E-state index contributed by atoms with van der Waals surface area (Å²) in [4.78, 5) is 11.7. The van der Waals surface area contributed by atoms with Crippen LogP contribution in [0.15, 0.2) is 24.3 Å². The fourth-order valence-corrected chi connectivity index (χ4v) is 2.03. The Morgan fingerprint density at radius 2 is 1.71 bits per heavy atom. The Morgan fingerprint density at radius 3 is 2.17 bits per heavy atom. The minimum Gasteiger partial charge on any atom is -0.355 e. The lowest BCUT2D eigenvalue weighted by atomic mass is 9.93. The smallest absolute Gasteiger partial charge is 0.355 e. The van der Waals surface area contributed by atoms with Gasteiger partial charge in [0.05, 0.1) is 5.92 Å². The van der Waals surface area contributed by atoms with Crippen LogP contribution in [-0.4, -0.2) is 31.0 Å². The van der Waals surface area contributed by atoms with Crippen molar-refractivity contribution in [3.8, 4) is 0 Å². The summed E-state index contributed by atoms with van der Waals surface area (Å²) in [6.07, 6.45) is -6.51. The molecule has 10 heteroatoms. The maximum absolute atomic E-state index is 12.6. The van der Waals surface area contributed by atoms with Crippen LogP contribution in [0.4, 0.5) is 26.3 Å². The minimum absolute atomic E-state index is 0.436. The highest BCUT2D eigenvalue weighted by Gasteiger charge is 2.54. The molecule has 2 atom stereocenters. The number of nitrogens with one attached hydrogen (secondary N) is 1. The largest absolute Gasteiger partial charge is 0.525 e. The molecule has 1 aliphatic rings. The van der Waals surface area contributed by atoms with E-state index in [2.05, 4.69) is 14.8 Å². The molecule has 1 rings (SSSR count). The molecule has 0 radical (unpaired) electrons. The molecule has 0 saturated carbocycles. The molecule has 0 spiro atoms. The zero-order valence-corrected chi connectivity index (χ0v) is 12.9. The van der Waals surface area contributed by atoms with Gasteiger partial charge in [-0.05, 0) is 12.5 Å². The number of amides is 1. The van der Waals surface area contributed by atoms with Gasteiger partial charge in [-0.15, -0.1) is 26.3 Å². The van der Waals surface area contributed by atoms with Crippen LogP contribution in [-0.2, 0) is 14.3 Å². The van der Waals surface area contributed by atoms with Gasteiger partial charge in [0.25, 0.3) is 0 Å². The second kappa shape index (κ2) is 7.56. The first-order chi connectivity index (χ1) is 10.9. The van der Waals surface area contributed by atoms with E-state index >= 15 is 0 Å². The molecule has 24 heavy (non-hydrogen) atoms. The third-order valence-electron chi connectivity index (χ3n) is 3.41. The maximum Gasteiger partial charge on any atom is 0.525 e. The fraction of sp³-hybridized carbons (Fsp3) is 0.643. The summed E-state index contributed by atoms with van der Waals surface area (Å²) < 4.78 is 82.9. The van der Waals surface area contributed by atoms with E-state index < -0.39 is 42.8 Å². The molecule has 0 aromatic carbocycles. The predicted octanol–water partition coefficient (Wildman–Crippen LogP) is 3.66. The SMILES string of the molecule is CCC(C)C(=O)NCC1C=CC=CC1(OC(F)(F)F)OC(F)(F)F. The van der Waals surface area contributed by atoms with Crippen LogP contribution < -0.4 is 5.32 Å². The Labute approximate surface area is 134 Å². The lowest BCUT2D eigenvalue weighted by Crippen LogP contribution is -2.52. The van der Waals surface area contributed by atoms with Crippen LogP contribution in [0.5, 0.6) is 0 Å². The van der Waals surface area contributed by atoms with Crippen LogP contribution in [0.3, 0.4) is 0 Å². The van der Waals surface area contributed by atoms with Crippen LogP contribution in [0.25, 0.3) is 0 Å². The molecule has 0 aliphatic heterocycles. The molecule has 1 amide bonds. The summed E-state index contributed by atoms with van der Waals surface area (Å²) in [5.74, 6) is -5.60. The molecule has 0 heterocycles. The average molecular weight is 361 g/mol. The van der Waals surface area contributed by atoms with Gasteiger partial charge in [-0.1, -0.05) is 32.1 Å². The van der Waals surface area contributed by atoms with E-state index in [0.717, 1.165) is 12.2 Å². The first-order valence-electron chi connectivity index (χ1n) is 7.06. The van der Waals surface area contributed by atoms with Crippen LogP contribution in [0, 0.1) is 11.8 Å². The highest BCUT2D eigenvalue weighted by Crippen LogP contribution is 2.40. The number of hydrogen-bond acceptors (Lipinski definition) is 3. The molecule has 0 saturated heterocycles. The van der Waals surface area contributed by atoms with Crippen molar-refractivity contribution in [1.29, 1.82) is 0 Å². The molecule has 0 aromatic heterocycles. The molecule has 1 N–H and O–H groups in total. The van der Waals surface area contributed by atoms with E-state index in [1.165, 1.54) is 6.08 Å². The summed E-state index contributed by atoms with van der Waals surface area (Å²) in [6, 6.07) is 0. The van der Waals surface area contributed by atoms with E-state index in [4.69, 9.17) is 0 Å². The van der Waals surface area contributed by atoms with Crippen molar-refractivity contribution in [2.45, 2.75) is 38.8 Å². The molecular formula is C14H17F6NO3. The van der Waals surface area contributed by atoms with E-state index in [1.807, 2.05) is 0 Å². The summed E-state index contributed by atoms with van der Waals surface area (Å²) in [5, 5.41) is 2.31. The standard InChI is InChI=1S/C14H17F6NO3/c1-3-9(2)11(22)21-8-10-6-4-5-7-12(10,23-13(15,16)17)24-14(18,19)20/h4-7,9-10H,3,8H2,1-2H3,(H,21,22). The third-order valence-corrected chi connectivity index (χ3v) is 3.41. The number of carbonyl (C=O) groups excluding carboxylic acids is 1. The molecule has 0 fully saturated rings. The number of carbonyl (C=O) groups is 1. The van der Waals surface area contributed by atoms with E-state index in [1.54, 1.807) is 13.8 Å².